The lowest BCUT2D eigenvalue weighted by molar-refractivity contribution is 0.0696. The number of nitrogens with one attached hydrogen (secondary N) is 1. The zero-order valence-corrected chi connectivity index (χ0v) is 15.9. The average molecular weight is 454 g/mol. The molecule has 0 saturated carbocycles. The second-order valence-corrected chi connectivity index (χ2v) is 8.98. The zero-order valence-electron chi connectivity index (χ0n) is 11.4. The minimum Gasteiger partial charge on any atom is -0.478 e. The summed E-state index contributed by atoms with van der Waals surface area (Å²) < 4.78 is 1.33. The fourth-order valence-electron chi connectivity index (χ4n) is 1.57. The molecule has 0 radical (unpaired) electrons. The van der Waals surface area contributed by atoms with Crippen molar-refractivity contribution in [3.05, 3.63) is 35.6 Å². The molecule has 2 heterocycles. The Bertz CT molecular complexity index is 710. The molecule has 12 heteroatoms. The number of carbonyl (C=O) groups is 1. The molecule has 0 atom stereocenters. The molecule has 2 N–H and O–H groups in total. The number of carboxylic acids is 1. The van der Waals surface area contributed by atoms with Crippen LogP contribution in [0.1, 0.15) is 16.1 Å². The third-order valence-corrected chi connectivity index (χ3v) is 3.69. The standard InChI is InChI=1S/C12H7Cl6N3O3/c13-11(14,15)9-19-7(20-10(21-9)12(16,17)18)2-1-6-3-5(4-24-6)8(22)23/h2-4H,1H2,(H,22,23)(H,19,20,21). The van der Waals surface area contributed by atoms with Crippen LogP contribution in [0.3, 0.4) is 0 Å². The van der Waals surface area contributed by atoms with Crippen LogP contribution in [0.2, 0.25) is 0 Å². The van der Waals surface area contributed by atoms with E-state index in [2.05, 4.69) is 15.3 Å². The van der Waals surface area contributed by atoms with E-state index in [0.29, 0.717) is 5.76 Å². The number of alkyl halides is 6. The Morgan fingerprint density at radius 3 is 2.12 bits per heavy atom. The van der Waals surface area contributed by atoms with Crippen LogP contribution in [-0.4, -0.2) is 30.3 Å². The molecule has 0 unspecified atom stereocenters. The molecular weight excluding hydrogens is 447 g/mol. The Labute approximate surface area is 166 Å². The van der Waals surface area contributed by atoms with E-state index in [0.717, 1.165) is 6.26 Å². The Morgan fingerprint density at radius 1 is 1.17 bits per heavy atom. The molecule has 1 aliphatic rings. The van der Waals surface area contributed by atoms with Crippen LogP contribution in [0.4, 0.5) is 0 Å². The predicted molar refractivity (Wildman–Crippen MR) is 96.0 cm³/mol. The second kappa shape index (κ2) is 7.32. The van der Waals surface area contributed by atoms with E-state index in [9.17, 15) is 4.79 Å². The molecule has 0 amide bonds. The molecule has 1 aromatic rings. The Kier molecular flexibility index (Phi) is 6.00. The summed E-state index contributed by atoms with van der Waals surface area (Å²) in [5.74, 6) is -0.826. The van der Waals surface area contributed by atoms with Crippen LogP contribution in [0.15, 0.2) is 38.6 Å². The van der Waals surface area contributed by atoms with Crippen molar-refractivity contribution in [2.75, 3.05) is 0 Å². The zero-order chi connectivity index (χ0) is 18.1. The van der Waals surface area contributed by atoms with Gasteiger partial charge in [-0.1, -0.05) is 69.6 Å². The summed E-state index contributed by atoms with van der Waals surface area (Å²) in [6.07, 6.45) is 2.79. The number of amidine groups is 2. The molecule has 0 saturated heterocycles. The number of carboxylic acid groups (broad SMARTS) is 1. The lowest BCUT2D eigenvalue weighted by atomic mass is 10.2. The monoisotopic (exact) mass is 451 g/mol. The van der Waals surface area contributed by atoms with Crippen molar-refractivity contribution in [2.24, 2.45) is 9.98 Å². The van der Waals surface area contributed by atoms with E-state index < -0.39 is 13.6 Å². The van der Waals surface area contributed by atoms with Crippen molar-refractivity contribution in [3.8, 4) is 0 Å². The summed E-state index contributed by atoms with van der Waals surface area (Å²) in [4.78, 5) is 18.9. The van der Waals surface area contributed by atoms with Gasteiger partial charge in [0.1, 0.15) is 12.0 Å². The van der Waals surface area contributed by atoms with Crippen LogP contribution in [0.5, 0.6) is 0 Å². The van der Waals surface area contributed by atoms with E-state index in [-0.39, 0.29) is 29.5 Å². The lowest BCUT2D eigenvalue weighted by Crippen LogP contribution is -2.46. The van der Waals surface area contributed by atoms with E-state index in [1.54, 1.807) is 0 Å². The van der Waals surface area contributed by atoms with Gasteiger partial charge in [-0.3, -0.25) is 0 Å². The predicted octanol–water partition coefficient (Wildman–Crippen LogP) is 4.50. The van der Waals surface area contributed by atoms with Crippen molar-refractivity contribution in [1.82, 2.24) is 5.32 Å². The van der Waals surface area contributed by atoms with Gasteiger partial charge in [0.15, 0.2) is 17.5 Å². The van der Waals surface area contributed by atoms with Gasteiger partial charge in [0.25, 0.3) is 0 Å². The summed E-state index contributed by atoms with van der Waals surface area (Å²) in [7, 11) is 0. The van der Waals surface area contributed by atoms with Gasteiger partial charge in [-0.25, -0.2) is 14.8 Å². The van der Waals surface area contributed by atoms with Gasteiger partial charge >= 0.3 is 5.97 Å². The molecule has 0 spiro atoms. The minimum absolute atomic E-state index is 0.0182. The highest BCUT2D eigenvalue weighted by Gasteiger charge is 2.37. The molecule has 0 bridgehead atoms. The maximum Gasteiger partial charge on any atom is 0.338 e. The SMILES string of the molecule is O=C(O)c1coc(CC=C2N=C(C(Cl)(Cl)Cl)NC(C(Cl)(Cl)Cl)=N2)c1. The summed E-state index contributed by atoms with van der Waals surface area (Å²) in [5.41, 5.74) is 0.0182. The summed E-state index contributed by atoms with van der Waals surface area (Å²) in [6.45, 7) is 0. The maximum atomic E-state index is 10.8. The van der Waals surface area contributed by atoms with Crippen LogP contribution >= 0.6 is 69.6 Å². The first kappa shape index (κ1) is 19.7. The largest absolute Gasteiger partial charge is 0.478 e. The van der Waals surface area contributed by atoms with E-state index >= 15 is 0 Å². The first-order chi connectivity index (χ1) is 11.0. The summed E-state index contributed by atoms with van der Waals surface area (Å²) in [5, 5.41) is 11.4. The molecular formula is C12H7Cl6N3O3. The quantitative estimate of drug-likeness (QED) is 0.659. The molecule has 2 rings (SSSR count). The first-order valence-corrected chi connectivity index (χ1v) is 8.33. The highest BCUT2D eigenvalue weighted by Crippen LogP contribution is 2.33. The van der Waals surface area contributed by atoms with Crippen molar-refractivity contribution in [2.45, 2.75) is 14.0 Å². The first-order valence-electron chi connectivity index (χ1n) is 6.06. The second-order valence-electron chi connectivity index (χ2n) is 4.41. The van der Waals surface area contributed by atoms with Gasteiger partial charge in [-0.15, -0.1) is 0 Å². The number of rotatable bonds is 3. The normalized spacial score (nSPS) is 15.5. The number of halogens is 6. The molecule has 24 heavy (non-hydrogen) atoms. The lowest BCUT2D eigenvalue weighted by Gasteiger charge is -2.24. The van der Waals surface area contributed by atoms with Gasteiger partial charge in [-0.2, -0.15) is 0 Å². The van der Waals surface area contributed by atoms with Gasteiger partial charge < -0.3 is 14.8 Å². The number of aromatic carboxylic acids is 1. The number of furan rings is 1. The summed E-state index contributed by atoms with van der Waals surface area (Å²) >= 11 is 34.7. The number of hydrogen-bond acceptors (Lipinski definition) is 5. The molecule has 0 aliphatic carbocycles. The molecule has 130 valence electrons. The Balaban J connectivity index is 2.29. The Morgan fingerprint density at radius 2 is 1.71 bits per heavy atom. The highest BCUT2D eigenvalue weighted by atomic mass is 35.6. The van der Waals surface area contributed by atoms with Gasteiger partial charge in [-0.05, 0) is 12.1 Å². The van der Waals surface area contributed by atoms with Gasteiger partial charge in [0, 0.05) is 6.42 Å². The van der Waals surface area contributed by atoms with Crippen molar-refractivity contribution in [3.63, 3.8) is 0 Å². The van der Waals surface area contributed by atoms with Crippen LogP contribution in [0, 0.1) is 0 Å². The number of allylic oxidation sites excluding steroid dienone is 1. The van der Waals surface area contributed by atoms with Crippen molar-refractivity contribution < 1.29 is 14.3 Å². The molecule has 0 aromatic carbocycles. The Hall–Kier alpha value is -0.630. The number of nitrogens with zero attached hydrogens (tertiary/aromatic N) is 2. The van der Waals surface area contributed by atoms with Gasteiger partial charge in [0.2, 0.25) is 7.59 Å². The van der Waals surface area contributed by atoms with Crippen LogP contribution in [0.25, 0.3) is 0 Å². The van der Waals surface area contributed by atoms with Gasteiger partial charge in [0.05, 0.1) is 5.56 Å². The topological polar surface area (TPSA) is 87.2 Å². The number of aliphatic imine (C=N–C) groups is 2. The number of hydrogen-bond donors (Lipinski definition) is 2. The third-order valence-electron chi connectivity index (χ3n) is 2.61. The fourth-order valence-corrected chi connectivity index (χ4v) is 2.11. The van der Waals surface area contributed by atoms with Crippen molar-refractivity contribution in [1.29, 1.82) is 0 Å². The smallest absolute Gasteiger partial charge is 0.338 e. The van der Waals surface area contributed by atoms with E-state index in [1.165, 1.54) is 12.1 Å². The summed E-state index contributed by atoms with van der Waals surface area (Å²) in [6, 6.07) is 1.36. The van der Waals surface area contributed by atoms with Crippen molar-refractivity contribution >= 4 is 87.2 Å². The molecule has 0 fully saturated rings. The van der Waals surface area contributed by atoms with E-state index in [1.807, 2.05) is 0 Å². The highest BCUT2D eigenvalue weighted by molar-refractivity contribution is 6.79. The fraction of sp³-hybridized carbons (Fsp3) is 0.250. The van der Waals surface area contributed by atoms with Crippen LogP contribution < -0.4 is 5.32 Å². The maximum absolute atomic E-state index is 10.8. The molecule has 1 aromatic heterocycles. The molecule has 6 nitrogen and oxygen atoms in total. The molecule has 1 aliphatic heterocycles. The minimum atomic E-state index is -1.89. The van der Waals surface area contributed by atoms with Crippen LogP contribution in [-0.2, 0) is 6.42 Å². The van der Waals surface area contributed by atoms with E-state index in [4.69, 9.17) is 79.1 Å². The average Bonchev–Trinajstić information content (AvgIpc) is 2.92. The third kappa shape index (κ3) is 5.18.